The van der Waals surface area contributed by atoms with E-state index in [1.807, 2.05) is 11.9 Å². The quantitative estimate of drug-likeness (QED) is 0.407. The molecule has 6 nitrogen and oxygen atoms in total. The van der Waals surface area contributed by atoms with Crippen molar-refractivity contribution in [2.24, 2.45) is 0 Å². The van der Waals surface area contributed by atoms with Crippen LogP contribution in [0.1, 0.15) is 12.0 Å². The van der Waals surface area contributed by atoms with Crippen molar-refractivity contribution in [1.29, 1.82) is 0 Å². The maximum Gasteiger partial charge on any atom is 0.422 e. The molecule has 0 bridgehead atoms. The standard InChI is InChI=1S/C22H21ClF5N3O3S/c1-29-6-8-30(9-7-29)19-11-15(3-5-20(19)34-13-22(26,27)28)35(32,33)31-12-17(21(24)25)16-4-2-14(23)10-18(16)31/h2-5,10-12,21H,6-9,13H2,1H3. The average Bonchev–Trinajstić information content (AvgIpc) is 3.17. The Bertz CT molecular complexity index is 1340. The van der Waals surface area contributed by atoms with E-state index in [2.05, 4.69) is 0 Å². The van der Waals surface area contributed by atoms with Gasteiger partial charge in [-0.05, 0) is 37.4 Å². The van der Waals surface area contributed by atoms with Crippen molar-refractivity contribution in [3.8, 4) is 5.75 Å². The number of hydrogen-bond acceptors (Lipinski definition) is 5. The maximum atomic E-state index is 13.6. The van der Waals surface area contributed by atoms with E-state index in [9.17, 15) is 30.4 Å². The van der Waals surface area contributed by atoms with Crippen LogP contribution in [0.15, 0.2) is 47.5 Å². The molecule has 0 amide bonds. The van der Waals surface area contributed by atoms with Crippen molar-refractivity contribution >= 4 is 38.2 Å². The van der Waals surface area contributed by atoms with Crippen molar-refractivity contribution in [2.45, 2.75) is 17.5 Å². The smallest absolute Gasteiger partial charge is 0.422 e. The first-order valence-corrected chi connectivity index (χ1v) is 12.3. The number of anilines is 1. The number of fused-ring (bicyclic) bond motifs is 1. The zero-order valence-corrected chi connectivity index (χ0v) is 20.0. The van der Waals surface area contributed by atoms with E-state index in [1.165, 1.54) is 24.3 Å². The first kappa shape index (κ1) is 25.5. The van der Waals surface area contributed by atoms with Gasteiger partial charge >= 0.3 is 6.18 Å². The molecule has 13 heteroatoms. The molecule has 0 radical (unpaired) electrons. The number of aromatic nitrogens is 1. The molecule has 2 aromatic carbocycles. The maximum absolute atomic E-state index is 13.6. The molecule has 0 N–H and O–H groups in total. The van der Waals surface area contributed by atoms with Crippen LogP contribution in [0, 0.1) is 0 Å². The largest absolute Gasteiger partial charge is 0.482 e. The Morgan fingerprint density at radius 3 is 2.37 bits per heavy atom. The van der Waals surface area contributed by atoms with E-state index in [4.69, 9.17) is 16.3 Å². The van der Waals surface area contributed by atoms with Crippen LogP contribution in [0.25, 0.3) is 10.9 Å². The SMILES string of the molecule is CN1CCN(c2cc(S(=O)(=O)n3cc(C(F)F)c4ccc(Cl)cc43)ccc2OCC(F)(F)F)CC1. The van der Waals surface area contributed by atoms with E-state index >= 15 is 0 Å². The number of rotatable bonds is 6. The lowest BCUT2D eigenvalue weighted by atomic mass is 10.2. The van der Waals surface area contributed by atoms with Crippen molar-refractivity contribution in [1.82, 2.24) is 8.87 Å². The Morgan fingerprint density at radius 2 is 1.74 bits per heavy atom. The van der Waals surface area contributed by atoms with E-state index in [-0.39, 0.29) is 32.3 Å². The number of ether oxygens (including phenoxy) is 1. The van der Waals surface area contributed by atoms with Crippen LogP contribution in [-0.2, 0) is 10.0 Å². The van der Waals surface area contributed by atoms with Gasteiger partial charge in [-0.1, -0.05) is 17.7 Å². The third-order valence-corrected chi connectivity index (χ3v) is 7.63. The van der Waals surface area contributed by atoms with E-state index in [0.717, 1.165) is 22.3 Å². The van der Waals surface area contributed by atoms with Crippen molar-refractivity contribution in [2.75, 3.05) is 44.7 Å². The number of nitrogens with zero attached hydrogens (tertiary/aromatic N) is 3. The molecule has 35 heavy (non-hydrogen) atoms. The Morgan fingerprint density at radius 1 is 1.06 bits per heavy atom. The molecule has 0 saturated carbocycles. The van der Waals surface area contributed by atoms with Gasteiger partial charge in [-0.25, -0.2) is 21.2 Å². The van der Waals surface area contributed by atoms with Gasteiger partial charge in [0.1, 0.15) is 5.75 Å². The lowest BCUT2D eigenvalue weighted by Gasteiger charge is -2.35. The van der Waals surface area contributed by atoms with Crippen LogP contribution in [-0.4, -0.2) is 63.3 Å². The zero-order valence-electron chi connectivity index (χ0n) is 18.4. The summed E-state index contributed by atoms with van der Waals surface area (Å²) < 4.78 is 98.4. The van der Waals surface area contributed by atoms with Gasteiger partial charge in [-0.15, -0.1) is 0 Å². The number of benzene rings is 2. The Kier molecular flexibility index (Phi) is 6.91. The highest BCUT2D eigenvalue weighted by atomic mass is 35.5. The molecule has 1 aliphatic heterocycles. The summed E-state index contributed by atoms with van der Waals surface area (Å²) in [6.07, 6.45) is -6.68. The minimum Gasteiger partial charge on any atom is -0.482 e. The fraction of sp³-hybridized carbons (Fsp3) is 0.364. The van der Waals surface area contributed by atoms with Gasteiger partial charge in [0.2, 0.25) is 0 Å². The highest BCUT2D eigenvalue weighted by Gasteiger charge is 2.31. The van der Waals surface area contributed by atoms with Gasteiger partial charge in [-0.2, -0.15) is 13.2 Å². The summed E-state index contributed by atoms with van der Waals surface area (Å²) in [5, 5.41) is 0.180. The van der Waals surface area contributed by atoms with Crippen molar-refractivity contribution in [3.63, 3.8) is 0 Å². The van der Waals surface area contributed by atoms with Crippen molar-refractivity contribution < 1.29 is 35.1 Å². The van der Waals surface area contributed by atoms with Crippen LogP contribution in [0.4, 0.5) is 27.6 Å². The molecule has 1 saturated heterocycles. The third-order valence-electron chi connectivity index (χ3n) is 5.72. The van der Waals surface area contributed by atoms with Gasteiger partial charge in [-0.3, -0.25) is 0 Å². The van der Waals surface area contributed by atoms with Gasteiger partial charge in [0.25, 0.3) is 16.4 Å². The van der Waals surface area contributed by atoms with Crippen LogP contribution in [0.2, 0.25) is 5.02 Å². The first-order chi connectivity index (χ1) is 16.4. The molecular formula is C22H21ClF5N3O3S. The van der Waals surface area contributed by atoms with Gasteiger partial charge in [0.05, 0.1) is 16.1 Å². The summed E-state index contributed by atoms with van der Waals surface area (Å²) in [4.78, 5) is 3.47. The molecule has 4 rings (SSSR count). The molecule has 3 aromatic rings. The van der Waals surface area contributed by atoms with Crippen LogP contribution in [0.5, 0.6) is 5.75 Å². The zero-order chi connectivity index (χ0) is 25.5. The van der Waals surface area contributed by atoms with Crippen LogP contribution < -0.4 is 9.64 Å². The summed E-state index contributed by atoms with van der Waals surface area (Å²) in [6.45, 7) is 0.528. The summed E-state index contributed by atoms with van der Waals surface area (Å²) in [5.41, 5.74) is -0.344. The fourth-order valence-corrected chi connectivity index (χ4v) is 5.47. The molecule has 0 spiro atoms. The summed E-state index contributed by atoms with van der Waals surface area (Å²) >= 11 is 5.99. The second-order valence-electron chi connectivity index (χ2n) is 8.17. The number of alkyl halides is 5. The Balaban J connectivity index is 1.82. The second-order valence-corrected chi connectivity index (χ2v) is 10.4. The van der Waals surface area contributed by atoms with E-state index in [0.29, 0.717) is 26.2 Å². The van der Waals surface area contributed by atoms with Gasteiger partial charge in [0.15, 0.2) is 6.61 Å². The summed E-state index contributed by atoms with van der Waals surface area (Å²) in [6, 6.07) is 7.42. The normalized spacial score (nSPS) is 15.8. The minimum absolute atomic E-state index is 0.0254. The molecule has 190 valence electrons. The second kappa shape index (κ2) is 9.47. The Hall–Kier alpha value is -2.57. The highest BCUT2D eigenvalue weighted by molar-refractivity contribution is 7.90. The highest BCUT2D eigenvalue weighted by Crippen LogP contribution is 2.37. The van der Waals surface area contributed by atoms with E-state index in [1.54, 1.807) is 4.90 Å². The third kappa shape index (κ3) is 5.34. The molecule has 1 fully saturated rings. The average molecular weight is 538 g/mol. The molecule has 2 heterocycles. The number of likely N-dealkylation sites (N-methyl/N-ethyl adjacent to an activating group) is 1. The van der Waals surface area contributed by atoms with E-state index < -0.39 is 34.8 Å². The van der Waals surface area contributed by atoms with Crippen molar-refractivity contribution in [3.05, 3.63) is 53.2 Å². The predicted octanol–water partition coefficient (Wildman–Crippen LogP) is 5.16. The summed E-state index contributed by atoms with van der Waals surface area (Å²) in [7, 11) is -2.53. The van der Waals surface area contributed by atoms with Crippen LogP contribution in [0.3, 0.4) is 0 Å². The number of hydrogen-bond donors (Lipinski definition) is 0. The molecule has 1 aromatic heterocycles. The summed E-state index contributed by atoms with van der Waals surface area (Å²) in [5.74, 6) is -0.125. The first-order valence-electron chi connectivity index (χ1n) is 10.5. The molecule has 1 aliphatic rings. The fourth-order valence-electron chi connectivity index (χ4n) is 3.92. The molecule has 0 unspecified atom stereocenters. The van der Waals surface area contributed by atoms with Gasteiger partial charge < -0.3 is 14.5 Å². The number of piperazine rings is 1. The topological polar surface area (TPSA) is 54.8 Å². The predicted molar refractivity (Wildman–Crippen MR) is 122 cm³/mol. The monoisotopic (exact) mass is 537 g/mol. The molecule has 0 aliphatic carbocycles. The molecular weight excluding hydrogens is 517 g/mol. The van der Waals surface area contributed by atoms with Crippen LogP contribution >= 0.6 is 11.6 Å². The lowest BCUT2D eigenvalue weighted by Crippen LogP contribution is -2.44. The lowest BCUT2D eigenvalue weighted by molar-refractivity contribution is -0.153. The number of halogens is 6. The molecule has 0 atom stereocenters. The van der Waals surface area contributed by atoms with Gasteiger partial charge in [0, 0.05) is 48.3 Å². The minimum atomic E-state index is -4.58. The Labute approximate surface area is 203 Å².